The molecule has 0 aliphatic heterocycles. The molecule has 0 rings (SSSR count). The van der Waals surface area contributed by atoms with Crippen LogP contribution in [-0.4, -0.2) is 37.2 Å². The van der Waals surface area contributed by atoms with Gasteiger partial charge in [0, 0.05) is 19.3 Å². The van der Waals surface area contributed by atoms with Crippen molar-refractivity contribution in [1.29, 1.82) is 0 Å². The molecule has 6 nitrogen and oxygen atoms in total. The summed E-state index contributed by atoms with van der Waals surface area (Å²) in [6.45, 7) is 6.59. The topological polar surface area (TPSA) is 78.9 Å². The molecule has 0 aliphatic rings. The van der Waals surface area contributed by atoms with Gasteiger partial charge >= 0.3 is 17.9 Å². The molecule has 1 atom stereocenters. The molecule has 82 heavy (non-hydrogen) atoms. The van der Waals surface area contributed by atoms with Crippen molar-refractivity contribution in [3.63, 3.8) is 0 Å². The maximum atomic E-state index is 12.9. The molecule has 0 saturated heterocycles. The van der Waals surface area contributed by atoms with Crippen LogP contribution in [-0.2, 0) is 28.6 Å². The fraction of sp³-hybridized carbons (Fsp3) is 0.829. The zero-order valence-electron chi connectivity index (χ0n) is 55.0. The molecule has 0 fully saturated rings. The van der Waals surface area contributed by atoms with Crippen molar-refractivity contribution in [2.75, 3.05) is 13.2 Å². The number of esters is 3. The van der Waals surface area contributed by atoms with Crippen LogP contribution in [0.5, 0.6) is 0 Å². The number of ether oxygens (including phenoxy) is 3. The first-order chi connectivity index (χ1) is 40.5. The van der Waals surface area contributed by atoms with E-state index in [0.29, 0.717) is 19.3 Å². The van der Waals surface area contributed by atoms with E-state index in [1.165, 1.54) is 257 Å². The number of hydrogen-bond donors (Lipinski definition) is 0. The maximum Gasteiger partial charge on any atom is 0.306 e. The normalized spacial score (nSPS) is 12.4. The van der Waals surface area contributed by atoms with Gasteiger partial charge in [-0.2, -0.15) is 0 Å². The van der Waals surface area contributed by atoms with Crippen molar-refractivity contribution in [2.45, 2.75) is 393 Å². The predicted molar refractivity (Wildman–Crippen MR) is 358 cm³/mol. The van der Waals surface area contributed by atoms with Crippen molar-refractivity contribution < 1.29 is 28.6 Å². The smallest absolute Gasteiger partial charge is 0.306 e. The van der Waals surface area contributed by atoms with Crippen LogP contribution in [0.1, 0.15) is 387 Å². The van der Waals surface area contributed by atoms with Crippen molar-refractivity contribution in [3.8, 4) is 0 Å². The zero-order valence-corrected chi connectivity index (χ0v) is 55.0. The van der Waals surface area contributed by atoms with Crippen molar-refractivity contribution in [2.24, 2.45) is 0 Å². The fourth-order valence-electron chi connectivity index (χ4n) is 10.9. The Labute approximate surface area is 510 Å². The Morgan fingerprint density at radius 1 is 0.256 bits per heavy atom. The number of unbranched alkanes of at least 4 members (excludes halogenated alkanes) is 46. The summed E-state index contributed by atoms with van der Waals surface area (Å²) in [7, 11) is 0. The number of carbonyl (C=O) groups is 3. The lowest BCUT2D eigenvalue weighted by atomic mass is 10.0. The average molecular weight is 1150 g/mol. The lowest BCUT2D eigenvalue weighted by Gasteiger charge is -2.18. The number of carbonyl (C=O) groups excluding carboxylic acids is 3. The van der Waals surface area contributed by atoms with Crippen LogP contribution in [0.2, 0.25) is 0 Å². The molecule has 0 aromatic carbocycles. The minimum Gasteiger partial charge on any atom is -0.462 e. The molecule has 0 amide bonds. The molecular formula is C76H138O6. The Hall–Kier alpha value is -2.89. The van der Waals surface area contributed by atoms with Gasteiger partial charge in [0.2, 0.25) is 0 Å². The van der Waals surface area contributed by atoms with Crippen LogP contribution in [0.3, 0.4) is 0 Å². The van der Waals surface area contributed by atoms with Crippen LogP contribution in [0, 0.1) is 0 Å². The molecule has 0 spiro atoms. The molecule has 478 valence electrons. The summed E-state index contributed by atoms with van der Waals surface area (Å²) in [4.78, 5) is 38.4. The largest absolute Gasteiger partial charge is 0.462 e. The molecule has 6 heteroatoms. The van der Waals surface area contributed by atoms with Crippen LogP contribution < -0.4 is 0 Å². The summed E-state index contributed by atoms with van der Waals surface area (Å²) in [6, 6.07) is 0. The quantitative estimate of drug-likeness (QED) is 0.0261. The summed E-state index contributed by atoms with van der Waals surface area (Å²) in [5, 5.41) is 0. The van der Waals surface area contributed by atoms with E-state index in [2.05, 4.69) is 81.5 Å². The third kappa shape index (κ3) is 67.9. The summed E-state index contributed by atoms with van der Waals surface area (Å²) in [5.74, 6) is -0.837. The second-order valence-corrected chi connectivity index (χ2v) is 24.5. The molecule has 0 radical (unpaired) electrons. The van der Waals surface area contributed by atoms with E-state index in [0.717, 1.165) is 89.9 Å². The monoisotopic (exact) mass is 1150 g/mol. The SMILES string of the molecule is CC/C=C\C/C=C\C/C=C\C/C=C\C/C=C\CCCCCCCCCCCCCCCCCCCC(=O)OCC(COC(=O)CCCCCCCCCCCCCC)OC(=O)CCCCCCCCCCCCCCCCCCCCC. The van der Waals surface area contributed by atoms with E-state index in [1.807, 2.05) is 0 Å². The second-order valence-electron chi connectivity index (χ2n) is 24.5. The van der Waals surface area contributed by atoms with E-state index < -0.39 is 6.10 Å². The fourth-order valence-corrected chi connectivity index (χ4v) is 10.9. The van der Waals surface area contributed by atoms with Crippen molar-refractivity contribution in [3.05, 3.63) is 60.8 Å². The van der Waals surface area contributed by atoms with Gasteiger partial charge < -0.3 is 14.2 Å². The Bertz CT molecular complexity index is 1460. The van der Waals surface area contributed by atoms with Crippen LogP contribution in [0.15, 0.2) is 60.8 Å². The third-order valence-electron chi connectivity index (χ3n) is 16.3. The van der Waals surface area contributed by atoms with Gasteiger partial charge in [0.15, 0.2) is 6.10 Å². The lowest BCUT2D eigenvalue weighted by molar-refractivity contribution is -0.167. The Morgan fingerprint density at radius 2 is 0.476 bits per heavy atom. The van der Waals surface area contributed by atoms with Gasteiger partial charge in [0.25, 0.3) is 0 Å². The van der Waals surface area contributed by atoms with Crippen LogP contribution in [0.4, 0.5) is 0 Å². The second kappa shape index (κ2) is 70.6. The molecule has 0 saturated carbocycles. The number of hydrogen-bond acceptors (Lipinski definition) is 6. The van der Waals surface area contributed by atoms with Gasteiger partial charge in [-0.15, -0.1) is 0 Å². The van der Waals surface area contributed by atoms with Crippen LogP contribution in [0.25, 0.3) is 0 Å². The Kier molecular flexibility index (Phi) is 68.1. The molecule has 0 bridgehead atoms. The van der Waals surface area contributed by atoms with Gasteiger partial charge in [-0.3, -0.25) is 14.4 Å². The summed E-state index contributed by atoms with van der Waals surface area (Å²) < 4.78 is 17.0. The van der Waals surface area contributed by atoms with Crippen molar-refractivity contribution >= 4 is 17.9 Å². The van der Waals surface area contributed by atoms with E-state index in [1.54, 1.807) is 0 Å². The van der Waals surface area contributed by atoms with Gasteiger partial charge in [-0.25, -0.2) is 0 Å². The Balaban J connectivity index is 4.13. The molecular weight excluding hydrogens is 1010 g/mol. The molecule has 0 aliphatic carbocycles. The molecule has 0 aromatic heterocycles. The highest BCUT2D eigenvalue weighted by atomic mass is 16.6. The van der Waals surface area contributed by atoms with Gasteiger partial charge in [-0.05, 0) is 64.2 Å². The first-order valence-electron chi connectivity index (χ1n) is 36.3. The van der Waals surface area contributed by atoms with Gasteiger partial charge in [0.05, 0.1) is 0 Å². The highest BCUT2D eigenvalue weighted by Crippen LogP contribution is 2.19. The highest BCUT2D eigenvalue weighted by molar-refractivity contribution is 5.71. The van der Waals surface area contributed by atoms with E-state index in [-0.39, 0.29) is 31.1 Å². The minimum absolute atomic E-state index is 0.0659. The number of allylic oxidation sites excluding steroid dienone is 10. The molecule has 0 heterocycles. The lowest BCUT2D eigenvalue weighted by Crippen LogP contribution is -2.30. The van der Waals surface area contributed by atoms with E-state index in [9.17, 15) is 14.4 Å². The highest BCUT2D eigenvalue weighted by Gasteiger charge is 2.19. The standard InChI is InChI=1S/C76H138O6/c1-4-7-10-13-16-19-22-25-27-29-31-32-33-34-35-36-37-38-39-40-41-42-43-44-46-47-49-51-54-57-60-63-66-69-75(78)81-72-73(71-80-74(77)68-65-62-59-56-53-24-21-18-15-12-9-6-3)82-76(79)70-67-64-61-58-55-52-50-48-45-30-28-26-23-20-17-14-11-8-5-2/h7,10,16,19,25,27,31-32,34-35,73H,4-6,8-9,11-15,17-18,20-24,26,28-30,33,36-72H2,1-3H3/b10-7-,19-16-,27-25-,32-31-,35-34-. The minimum atomic E-state index is -0.769. The first kappa shape index (κ1) is 79.1. The summed E-state index contributed by atoms with van der Waals surface area (Å²) >= 11 is 0. The Morgan fingerprint density at radius 3 is 0.744 bits per heavy atom. The van der Waals surface area contributed by atoms with Gasteiger partial charge in [0.1, 0.15) is 13.2 Å². The summed E-state index contributed by atoms with van der Waals surface area (Å²) in [5.41, 5.74) is 0. The van der Waals surface area contributed by atoms with Crippen LogP contribution >= 0.6 is 0 Å². The first-order valence-corrected chi connectivity index (χ1v) is 36.3. The summed E-state index contributed by atoms with van der Waals surface area (Å²) in [6.07, 6.45) is 91.2. The van der Waals surface area contributed by atoms with Crippen molar-refractivity contribution in [1.82, 2.24) is 0 Å². The molecule has 0 N–H and O–H groups in total. The zero-order chi connectivity index (χ0) is 59.2. The van der Waals surface area contributed by atoms with E-state index >= 15 is 0 Å². The van der Waals surface area contributed by atoms with Gasteiger partial charge in [-0.1, -0.05) is 364 Å². The third-order valence-corrected chi connectivity index (χ3v) is 16.3. The predicted octanol–water partition coefficient (Wildman–Crippen LogP) is 25.1. The molecule has 1 unspecified atom stereocenters. The number of rotatable bonds is 67. The van der Waals surface area contributed by atoms with E-state index in [4.69, 9.17) is 14.2 Å². The molecule has 0 aromatic rings. The average Bonchev–Trinajstić information content (AvgIpc) is 3.47. The maximum absolute atomic E-state index is 12.9.